The summed E-state index contributed by atoms with van der Waals surface area (Å²) in [5.74, 6) is 0.525. The van der Waals surface area contributed by atoms with E-state index in [4.69, 9.17) is 16.7 Å². The molecule has 0 aromatic carbocycles. The molecule has 0 unspecified atom stereocenters. The molecule has 0 saturated carbocycles. The maximum atomic E-state index is 10.4. The van der Waals surface area contributed by atoms with Gasteiger partial charge < -0.3 is 22.1 Å². The monoisotopic (exact) mass is 220 g/mol. The van der Waals surface area contributed by atoms with Gasteiger partial charge in [-0.2, -0.15) is 5.26 Å². The lowest BCUT2D eigenvalue weighted by molar-refractivity contribution is 0.249. The van der Waals surface area contributed by atoms with Gasteiger partial charge in [-0.3, -0.25) is 0 Å². The van der Waals surface area contributed by atoms with Crippen LogP contribution in [0, 0.1) is 11.3 Å². The van der Waals surface area contributed by atoms with Crippen LogP contribution in [0.5, 0.6) is 0 Å². The SMILES string of the molecule is N#Cc1nc(NCCNC(N)=O)ccc1N. The first-order chi connectivity index (χ1) is 7.63. The molecule has 1 aromatic rings. The number of aromatic nitrogens is 1. The molecule has 0 aliphatic heterocycles. The van der Waals surface area contributed by atoms with Gasteiger partial charge in [-0.1, -0.05) is 0 Å². The summed E-state index contributed by atoms with van der Waals surface area (Å²) >= 11 is 0. The summed E-state index contributed by atoms with van der Waals surface area (Å²) in [5, 5.41) is 14.0. The minimum Gasteiger partial charge on any atom is -0.396 e. The third-order valence-corrected chi connectivity index (χ3v) is 1.76. The van der Waals surface area contributed by atoms with Crippen LogP contribution in [0.2, 0.25) is 0 Å². The summed E-state index contributed by atoms with van der Waals surface area (Å²) < 4.78 is 0. The van der Waals surface area contributed by atoms with Gasteiger partial charge in [0.1, 0.15) is 11.9 Å². The number of hydrogen-bond donors (Lipinski definition) is 4. The Morgan fingerprint density at radius 1 is 1.50 bits per heavy atom. The van der Waals surface area contributed by atoms with Crippen molar-refractivity contribution >= 4 is 17.5 Å². The van der Waals surface area contributed by atoms with E-state index < -0.39 is 6.03 Å². The van der Waals surface area contributed by atoms with E-state index in [0.29, 0.717) is 24.6 Å². The molecule has 1 heterocycles. The standard InChI is InChI=1S/C9H12N6O/c10-5-7-6(11)1-2-8(15-7)13-3-4-14-9(12)16/h1-2H,3-4,11H2,(H,13,15)(H3,12,14,16). The normalized spacial score (nSPS) is 9.19. The van der Waals surface area contributed by atoms with E-state index in [2.05, 4.69) is 15.6 Å². The number of carbonyl (C=O) groups excluding carboxylic acids is 1. The molecule has 0 aliphatic rings. The van der Waals surface area contributed by atoms with E-state index in [0.717, 1.165) is 0 Å². The molecule has 1 rings (SSSR count). The molecule has 0 atom stereocenters. The Labute approximate surface area is 92.4 Å². The number of hydrogen-bond acceptors (Lipinski definition) is 5. The van der Waals surface area contributed by atoms with Gasteiger partial charge in [0.15, 0.2) is 5.69 Å². The molecule has 16 heavy (non-hydrogen) atoms. The second-order valence-corrected chi connectivity index (χ2v) is 2.96. The highest BCUT2D eigenvalue weighted by molar-refractivity contribution is 5.71. The molecule has 6 N–H and O–H groups in total. The predicted molar refractivity (Wildman–Crippen MR) is 59.4 cm³/mol. The van der Waals surface area contributed by atoms with Gasteiger partial charge in [-0.05, 0) is 12.1 Å². The highest BCUT2D eigenvalue weighted by atomic mass is 16.2. The van der Waals surface area contributed by atoms with Gasteiger partial charge in [0.2, 0.25) is 0 Å². The number of carbonyl (C=O) groups is 1. The summed E-state index contributed by atoms with van der Waals surface area (Å²) in [6.45, 7) is 0.841. The second-order valence-electron chi connectivity index (χ2n) is 2.96. The average Bonchev–Trinajstić information content (AvgIpc) is 2.26. The number of nitrogens with two attached hydrogens (primary N) is 2. The van der Waals surface area contributed by atoms with Crippen LogP contribution in [0.4, 0.5) is 16.3 Å². The molecular formula is C9H12N6O. The maximum absolute atomic E-state index is 10.4. The highest BCUT2D eigenvalue weighted by Gasteiger charge is 2.01. The van der Waals surface area contributed by atoms with E-state index in [9.17, 15) is 4.79 Å². The molecule has 0 aliphatic carbocycles. The third kappa shape index (κ3) is 3.34. The predicted octanol–water partition coefficient (Wildman–Crippen LogP) is -0.384. The number of urea groups is 1. The van der Waals surface area contributed by atoms with Gasteiger partial charge >= 0.3 is 6.03 Å². The number of primary amides is 1. The van der Waals surface area contributed by atoms with Crippen LogP contribution in [0.1, 0.15) is 5.69 Å². The van der Waals surface area contributed by atoms with Crippen LogP contribution in [0.15, 0.2) is 12.1 Å². The number of amides is 2. The van der Waals surface area contributed by atoms with Crippen LogP contribution in [0.25, 0.3) is 0 Å². The molecule has 0 bridgehead atoms. The number of rotatable bonds is 4. The molecule has 84 valence electrons. The lowest BCUT2D eigenvalue weighted by atomic mass is 10.3. The van der Waals surface area contributed by atoms with Gasteiger partial charge in [-0.25, -0.2) is 9.78 Å². The number of anilines is 2. The third-order valence-electron chi connectivity index (χ3n) is 1.76. The number of nitrogens with zero attached hydrogens (tertiary/aromatic N) is 2. The van der Waals surface area contributed by atoms with E-state index in [1.165, 1.54) is 0 Å². The Hall–Kier alpha value is -2.49. The Balaban J connectivity index is 2.49. The van der Waals surface area contributed by atoms with Crippen LogP contribution in [-0.2, 0) is 0 Å². The van der Waals surface area contributed by atoms with E-state index in [1.807, 2.05) is 6.07 Å². The van der Waals surface area contributed by atoms with Crippen molar-refractivity contribution in [3.8, 4) is 6.07 Å². The first kappa shape index (κ1) is 11.6. The summed E-state index contributed by atoms with van der Waals surface area (Å²) in [7, 11) is 0. The average molecular weight is 220 g/mol. The first-order valence-corrected chi connectivity index (χ1v) is 4.57. The van der Waals surface area contributed by atoms with E-state index >= 15 is 0 Å². The minimum absolute atomic E-state index is 0.174. The molecule has 0 spiro atoms. The van der Waals surface area contributed by atoms with E-state index in [-0.39, 0.29) is 5.69 Å². The molecule has 0 saturated heterocycles. The van der Waals surface area contributed by atoms with Crippen molar-refractivity contribution in [3.63, 3.8) is 0 Å². The molecule has 7 heteroatoms. The first-order valence-electron chi connectivity index (χ1n) is 4.57. The van der Waals surface area contributed by atoms with Crippen molar-refractivity contribution in [2.45, 2.75) is 0 Å². The van der Waals surface area contributed by atoms with Gasteiger partial charge in [0.25, 0.3) is 0 Å². The molecule has 1 aromatic heterocycles. The fraction of sp³-hybridized carbons (Fsp3) is 0.222. The summed E-state index contributed by atoms with van der Waals surface area (Å²) in [5.41, 5.74) is 10.9. The number of nitriles is 1. The van der Waals surface area contributed by atoms with E-state index in [1.54, 1.807) is 12.1 Å². The lowest BCUT2D eigenvalue weighted by Gasteiger charge is -2.06. The van der Waals surface area contributed by atoms with Crippen LogP contribution >= 0.6 is 0 Å². The molecule has 0 radical (unpaired) electrons. The zero-order valence-corrected chi connectivity index (χ0v) is 8.53. The Bertz CT molecular complexity index is 424. The quantitative estimate of drug-likeness (QED) is 0.513. The Morgan fingerprint density at radius 3 is 2.88 bits per heavy atom. The number of pyridine rings is 1. The van der Waals surface area contributed by atoms with Crippen molar-refractivity contribution in [1.82, 2.24) is 10.3 Å². The summed E-state index contributed by atoms with van der Waals surface area (Å²) in [6, 6.07) is 4.55. The molecule has 2 amide bonds. The van der Waals surface area contributed by atoms with Crippen molar-refractivity contribution < 1.29 is 4.79 Å². The van der Waals surface area contributed by atoms with Crippen molar-refractivity contribution in [2.24, 2.45) is 5.73 Å². The van der Waals surface area contributed by atoms with Crippen LogP contribution in [-0.4, -0.2) is 24.1 Å². The summed E-state index contributed by atoms with van der Waals surface area (Å²) in [6.07, 6.45) is 0. The van der Waals surface area contributed by atoms with Gasteiger partial charge in [0, 0.05) is 13.1 Å². The molecular weight excluding hydrogens is 208 g/mol. The van der Waals surface area contributed by atoms with Gasteiger partial charge in [-0.15, -0.1) is 0 Å². The fourth-order valence-electron chi connectivity index (χ4n) is 1.03. The van der Waals surface area contributed by atoms with Crippen molar-refractivity contribution in [1.29, 1.82) is 5.26 Å². The van der Waals surface area contributed by atoms with Crippen molar-refractivity contribution in [3.05, 3.63) is 17.8 Å². The highest BCUT2D eigenvalue weighted by Crippen LogP contribution is 2.11. The zero-order valence-electron chi connectivity index (χ0n) is 8.53. The van der Waals surface area contributed by atoms with Crippen molar-refractivity contribution in [2.75, 3.05) is 24.1 Å². The molecule has 7 nitrogen and oxygen atoms in total. The fourth-order valence-corrected chi connectivity index (χ4v) is 1.03. The smallest absolute Gasteiger partial charge is 0.312 e. The van der Waals surface area contributed by atoms with Crippen LogP contribution in [0.3, 0.4) is 0 Å². The lowest BCUT2D eigenvalue weighted by Crippen LogP contribution is -2.33. The summed E-state index contributed by atoms with van der Waals surface area (Å²) in [4.78, 5) is 14.3. The molecule has 0 fully saturated rings. The Kier molecular flexibility index (Phi) is 3.91. The minimum atomic E-state index is -0.579. The Morgan fingerprint density at radius 2 is 2.25 bits per heavy atom. The topological polar surface area (TPSA) is 130 Å². The maximum Gasteiger partial charge on any atom is 0.312 e. The van der Waals surface area contributed by atoms with Crippen LogP contribution < -0.4 is 22.1 Å². The zero-order chi connectivity index (χ0) is 12.0. The van der Waals surface area contributed by atoms with Gasteiger partial charge in [0.05, 0.1) is 5.69 Å². The second kappa shape index (κ2) is 5.41. The number of nitrogen functional groups attached to an aromatic ring is 1. The largest absolute Gasteiger partial charge is 0.396 e. The number of nitrogens with one attached hydrogen (secondary N) is 2.